The Hall–Kier alpha value is -1.69. The molecule has 0 amide bonds. The fourth-order valence-electron chi connectivity index (χ4n) is 2.41. The van der Waals surface area contributed by atoms with Gasteiger partial charge in [0, 0.05) is 25.2 Å². The second-order valence-electron chi connectivity index (χ2n) is 5.34. The van der Waals surface area contributed by atoms with Crippen molar-refractivity contribution in [2.45, 2.75) is 25.7 Å². The van der Waals surface area contributed by atoms with Gasteiger partial charge in [0.15, 0.2) is 0 Å². The lowest BCUT2D eigenvalue weighted by atomic mass is 10.1. The Morgan fingerprint density at radius 1 is 1.20 bits per heavy atom. The van der Waals surface area contributed by atoms with Crippen LogP contribution in [-0.2, 0) is 6.54 Å². The van der Waals surface area contributed by atoms with E-state index in [1.165, 1.54) is 5.56 Å². The lowest BCUT2D eigenvalue weighted by molar-refractivity contribution is 0.0572. The molecule has 0 bridgehead atoms. The summed E-state index contributed by atoms with van der Waals surface area (Å²) < 4.78 is 5.49. The molecule has 2 atom stereocenters. The summed E-state index contributed by atoms with van der Waals surface area (Å²) in [4.78, 5) is 6.42. The number of aliphatic hydroxyl groups is 2. The van der Waals surface area contributed by atoms with E-state index in [0.29, 0.717) is 25.5 Å². The molecule has 5 nitrogen and oxygen atoms in total. The maximum atomic E-state index is 9.52. The van der Waals surface area contributed by atoms with Gasteiger partial charge in [-0.05, 0) is 19.1 Å². The summed E-state index contributed by atoms with van der Waals surface area (Å²) in [5.41, 5.74) is 2.95. The highest BCUT2D eigenvalue weighted by Gasteiger charge is 2.29. The van der Waals surface area contributed by atoms with E-state index in [-0.39, 0.29) is 0 Å². The molecule has 1 aromatic heterocycles. The van der Waals surface area contributed by atoms with Crippen molar-refractivity contribution >= 4 is 0 Å². The van der Waals surface area contributed by atoms with Crippen molar-refractivity contribution in [3.05, 3.63) is 41.8 Å². The molecule has 0 saturated carbocycles. The van der Waals surface area contributed by atoms with E-state index in [1.54, 1.807) is 6.26 Å². The van der Waals surface area contributed by atoms with Crippen LogP contribution in [0.15, 0.2) is 34.9 Å². The number of hydrogen-bond acceptors (Lipinski definition) is 5. The SMILES string of the molecule is Cc1ccc(-c2nc(CN3CC(O)C(O)C3)co2)cc1. The van der Waals surface area contributed by atoms with Crippen LogP contribution in [0.1, 0.15) is 11.3 Å². The van der Waals surface area contributed by atoms with Crippen molar-refractivity contribution in [3.8, 4) is 11.5 Å². The molecule has 3 rings (SSSR count). The molecule has 1 fully saturated rings. The van der Waals surface area contributed by atoms with Gasteiger partial charge in [0.05, 0.1) is 17.9 Å². The Morgan fingerprint density at radius 2 is 1.85 bits per heavy atom. The summed E-state index contributed by atoms with van der Waals surface area (Å²) in [6.07, 6.45) is 0.295. The van der Waals surface area contributed by atoms with E-state index in [0.717, 1.165) is 11.3 Å². The van der Waals surface area contributed by atoms with E-state index in [9.17, 15) is 10.2 Å². The highest BCUT2D eigenvalue weighted by atomic mass is 16.3. The first kappa shape index (κ1) is 13.3. The van der Waals surface area contributed by atoms with E-state index in [1.807, 2.05) is 36.1 Å². The average molecular weight is 274 g/mol. The molecule has 2 N–H and O–H groups in total. The first-order valence-corrected chi connectivity index (χ1v) is 6.72. The zero-order valence-corrected chi connectivity index (χ0v) is 11.4. The van der Waals surface area contributed by atoms with Crippen LogP contribution in [0.4, 0.5) is 0 Å². The van der Waals surface area contributed by atoms with Gasteiger partial charge in [0.2, 0.25) is 5.89 Å². The molecule has 1 aromatic carbocycles. The minimum Gasteiger partial charge on any atom is -0.444 e. The van der Waals surface area contributed by atoms with Gasteiger partial charge in [0.25, 0.3) is 0 Å². The Labute approximate surface area is 117 Å². The molecule has 0 radical (unpaired) electrons. The lowest BCUT2D eigenvalue weighted by Crippen LogP contribution is -2.22. The maximum absolute atomic E-state index is 9.52. The number of β-amino-alcohol motifs (C(OH)–C–C–N with tert-alkyl or cyclic N) is 2. The van der Waals surface area contributed by atoms with Crippen LogP contribution in [0.5, 0.6) is 0 Å². The fraction of sp³-hybridized carbons (Fsp3) is 0.400. The zero-order chi connectivity index (χ0) is 14.1. The zero-order valence-electron chi connectivity index (χ0n) is 11.4. The van der Waals surface area contributed by atoms with Gasteiger partial charge in [-0.2, -0.15) is 0 Å². The standard InChI is InChI=1S/C15H18N2O3/c1-10-2-4-11(5-3-10)15-16-12(9-20-15)6-17-7-13(18)14(19)8-17/h2-5,9,13-14,18-19H,6-8H2,1H3. The van der Waals surface area contributed by atoms with Crippen molar-refractivity contribution in [2.24, 2.45) is 0 Å². The fourth-order valence-corrected chi connectivity index (χ4v) is 2.41. The Kier molecular flexibility index (Phi) is 3.56. The van der Waals surface area contributed by atoms with E-state index < -0.39 is 12.2 Å². The topological polar surface area (TPSA) is 69.7 Å². The average Bonchev–Trinajstić information content (AvgIpc) is 2.99. The third-order valence-corrected chi connectivity index (χ3v) is 3.57. The molecule has 5 heteroatoms. The Morgan fingerprint density at radius 3 is 2.50 bits per heavy atom. The number of benzene rings is 1. The molecule has 0 spiro atoms. The molecule has 2 aromatic rings. The number of aryl methyl sites for hydroxylation is 1. The van der Waals surface area contributed by atoms with Crippen LogP contribution in [0.2, 0.25) is 0 Å². The van der Waals surface area contributed by atoms with Crippen LogP contribution in [0, 0.1) is 6.92 Å². The molecule has 1 aliphatic rings. The maximum Gasteiger partial charge on any atom is 0.226 e. The predicted octanol–water partition coefficient (Wildman–Crippen LogP) is 1.19. The molecule has 20 heavy (non-hydrogen) atoms. The number of aliphatic hydroxyl groups excluding tert-OH is 2. The van der Waals surface area contributed by atoms with Gasteiger partial charge < -0.3 is 14.6 Å². The van der Waals surface area contributed by atoms with Crippen LogP contribution in [0.3, 0.4) is 0 Å². The highest BCUT2D eigenvalue weighted by molar-refractivity contribution is 5.53. The van der Waals surface area contributed by atoms with Gasteiger partial charge in [-0.25, -0.2) is 4.98 Å². The Bertz CT molecular complexity index is 569. The summed E-state index contributed by atoms with van der Waals surface area (Å²) in [7, 11) is 0. The van der Waals surface area contributed by atoms with Crippen LogP contribution < -0.4 is 0 Å². The summed E-state index contributed by atoms with van der Waals surface area (Å²) in [6, 6.07) is 8.00. The van der Waals surface area contributed by atoms with Crippen molar-refractivity contribution in [1.82, 2.24) is 9.88 Å². The molecule has 0 aliphatic carbocycles. The van der Waals surface area contributed by atoms with E-state index >= 15 is 0 Å². The Balaban J connectivity index is 1.69. The summed E-state index contributed by atoms with van der Waals surface area (Å²) in [5.74, 6) is 0.597. The number of oxazole rings is 1. The minimum absolute atomic E-state index is 0.466. The second-order valence-corrected chi connectivity index (χ2v) is 5.34. The van der Waals surface area contributed by atoms with E-state index in [2.05, 4.69) is 4.98 Å². The molecule has 2 unspecified atom stereocenters. The van der Waals surface area contributed by atoms with Crippen molar-refractivity contribution in [2.75, 3.05) is 13.1 Å². The lowest BCUT2D eigenvalue weighted by Gasteiger charge is -2.11. The van der Waals surface area contributed by atoms with Crippen molar-refractivity contribution < 1.29 is 14.6 Å². The summed E-state index contributed by atoms with van der Waals surface area (Å²) in [5, 5.41) is 19.0. The summed E-state index contributed by atoms with van der Waals surface area (Å²) in [6.45, 7) is 3.54. The van der Waals surface area contributed by atoms with Gasteiger partial charge >= 0.3 is 0 Å². The molecule has 2 heterocycles. The third-order valence-electron chi connectivity index (χ3n) is 3.57. The largest absolute Gasteiger partial charge is 0.444 e. The van der Waals surface area contributed by atoms with Gasteiger partial charge in [0.1, 0.15) is 6.26 Å². The highest BCUT2D eigenvalue weighted by Crippen LogP contribution is 2.20. The van der Waals surface area contributed by atoms with Crippen LogP contribution >= 0.6 is 0 Å². The molecule has 1 aliphatic heterocycles. The van der Waals surface area contributed by atoms with Gasteiger partial charge in [-0.1, -0.05) is 17.7 Å². The number of hydrogen-bond donors (Lipinski definition) is 2. The van der Waals surface area contributed by atoms with E-state index in [4.69, 9.17) is 4.42 Å². The van der Waals surface area contributed by atoms with Crippen molar-refractivity contribution in [1.29, 1.82) is 0 Å². The van der Waals surface area contributed by atoms with Crippen LogP contribution in [-0.4, -0.2) is 45.4 Å². The smallest absolute Gasteiger partial charge is 0.226 e. The first-order chi connectivity index (χ1) is 9.61. The van der Waals surface area contributed by atoms with Gasteiger partial charge in [-0.15, -0.1) is 0 Å². The summed E-state index contributed by atoms with van der Waals surface area (Å²) >= 11 is 0. The molecular weight excluding hydrogens is 256 g/mol. The molecule has 106 valence electrons. The normalized spacial score (nSPS) is 23.4. The first-order valence-electron chi connectivity index (χ1n) is 6.72. The quantitative estimate of drug-likeness (QED) is 0.879. The second kappa shape index (κ2) is 5.36. The number of aromatic nitrogens is 1. The molecular formula is C15H18N2O3. The van der Waals surface area contributed by atoms with Crippen LogP contribution in [0.25, 0.3) is 11.5 Å². The number of likely N-dealkylation sites (tertiary alicyclic amines) is 1. The van der Waals surface area contributed by atoms with Crippen molar-refractivity contribution in [3.63, 3.8) is 0 Å². The minimum atomic E-state index is -0.668. The molecule has 1 saturated heterocycles. The number of rotatable bonds is 3. The third kappa shape index (κ3) is 2.75. The van der Waals surface area contributed by atoms with Gasteiger partial charge in [-0.3, -0.25) is 4.90 Å². The monoisotopic (exact) mass is 274 g/mol. The predicted molar refractivity (Wildman–Crippen MR) is 74.0 cm³/mol. The number of nitrogens with zero attached hydrogens (tertiary/aromatic N) is 2.